The number of hydrogen-bond donors (Lipinski definition) is 0. The summed E-state index contributed by atoms with van der Waals surface area (Å²) in [6.45, 7) is 1.43. The van der Waals surface area contributed by atoms with E-state index in [1.807, 2.05) is 6.07 Å². The topological polar surface area (TPSA) is 143 Å². The van der Waals surface area contributed by atoms with Gasteiger partial charge in [0.25, 0.3) is 0 Å². The molecule has 0 N–H and O–H groups in total. The zero-order valence-corrected chi connectivity index (χ0v) is 18.3. The zero-order valence-electron chi connectivity index (χ0n) is 17.5. The van der Waals surface area contributed by atoms with Gasteiger partial charge in [-0.1, -0.05) is 6.92 Å². The van der Waals surface area contributed by atoms with Crippen molar-refractivity contribution >= 4 is 20.9 Å². The van der Waals surface area contributed by atoms with Crippen LogP contribution in [0, 0.1) is 22.7 Å². The van der Waals surface area contributed by atoms with Crippen LogP contribution in [0.1, 0.15) is 23.9 Å². The highest BCUT2D eigenvalue weighted by Crippen LogP contribution is 2.34. The maximum atomic E-state index is 13.3. The lowest BCUT2D eigenvalue weighted by Crippen LogP contribution is -2.11. The van der Waals surface area contributed by atoms with Crippen LogP contribution in [0.5, 0.6) is 0 Å². The van der Waals surface area contributed by atoms with Crippen molar-refractivity contribution in [3.05, 3.63) is 47.5 Å². The van der Waals surface area contributed by atoms with Crippen LogP contribution in [0.4, 0.5) is 13.2 Å². The maximum Gasteiger partial charge on any atom is 0.433 e. The minimum absolute atomic E-state index is 0.0107. The zero-order chi connectivity index (χ0) is 24.8. The van der Waals surface area contributed by atoms with Crippen molar-refractivity contribution in [2.45, 2.75) is 18.0 Å². The number of hydrogen-bond acceptors (Lipinski definition) is 8. The molecular formula is C20H13F3N8O2S. The van der Waals surface area contributed by atoms with Crippen molar-refractivity contribution in [3.63, 3.8) is 0 Å². The average Bonchev–Trinajstić information content (AvgIpc) is 3.42. The molecule has 0 aromatic carbocycles. The molecule has 0 aliphatic carbocycles. The number of halogens is 3. The Bertz CT molecular complexity index is 1640. The van der Waals surface area contributed by atoms with E-state index < -0.39 is 27.4 Å². The largest absolute Gasteiger partial charge is 0.433 e. The molecule has 0 aliphatic rings. The first-order valence-electron chi connectivity index (χ1n) is 9.54. The van der Waals surface area contributed by atoms with Crippen LogP contribution < -0.4 is 0 Å². The van der Waals surface area contributed by atoms with Crippen molar-refractivity contribution in [2.24, 2.45) is 7.05 Å². The predicted octanol–water partition coefficient (Wildman–Crippen LogP) is 2.77. The van der Waals surface area contributed by atoms with Crippen molar-refractivity contribution in [1.29, 1.82) is 10.5 Å². The third kappa shape index (κ3) is 3.74. The lowest BCUT2D eigenvalue weighted by atomic mass is 10.2. The molecule has 4 heterocycles. The summed E-state index contributed by atoms with van der Waals surface area (Å²) in [6.07, 6.45) is -2.15. The van der Waals surface area contributed by atoms with Gasteiger partial charge in [-0.2, -0.15) is 28.8 Å². The first-order chi connectivity index (χ1) is 16.0. The summed E-state index contributed by atoms with van der Waals surface area (Å²) in [7, 11) is -2.42. The van der Waals surface area contributed by atoms with E-state index in [0.717, 1.165) is 0 Å². The lowest BCUT2D eigenvalue weighted by Gasteiger charge is -2.11. The summed E-state index contributed by atoms with van der Waals surface area (Å²) in [5.74, 6) is -0.212. The van der Waals surface area contributed by atoms with Crippen LogP contribution in [0.3, 0.4) is 0 Å². The third-order valence-corrected chi connectivity index (χ3v) is 6.72. The molecule has 0 fully saturated rings. The van der Waals surface area contributed by atoms with Crippen molar-refractivity contribution < 1.29 is 21.6 Å². The number of rotatable bonds is 4. The Hall–Kier alpha value is -4.30. The number of aryl methyl sites for hydroxylation is 1. The minimum Gasteiger partial charge on any atom is -0.323 e. The number of pyridine rings is 2. The molecule has 0 spiro atoms. The molecule has 4 rings (SSSR count). The summed E-state index contributed by atoms with van der Waals surface area (Å²) >= 11 is 0. The number of fused-ring (bicyclic) bond motifs is 1. The van der Waals surface area contributed by atoms with Crippen LogP contribution in [-0.2, 0) is 23.1 Å². The second-order valence-electron chi connectivity index (χ2n) is 7.03. The standard InChI is InChI=1S/C20H13F3N8O2S/c1-3-34(32,33)14-4-5-16(31-10-11(7-24)9-26-31)29-17(14)19-28-12-6-15(20(21,22)23)27-13(8-25)18(12)30(19)2/h4-6,9-10H,3H2,1-2H3. The molecule has 4 aromatic rings. The molecule has 0 atom stereocenters. The molecule has 0 radical (unpaired) electrons. The molecule has 14 heteroatoms. The number of aromatic nitrogens is 6. The molecule has 0 amide bonds. The van der Waals surface area contributed by atoms with Gasteiger partial charge < -0.3 is 4.57 Å². The molecule has 0 saturated heterocycles. The summed E-state index contributed by atoms with van der Waals surface area (Å²) in [4.78, 5) is 11.7. The minimum atomic E-state index is -4.81. The van der Waals surface area contributed by atoms with Crippen LogP contribution in [-0.4, -0.2) is 43.5 Å². The highest BCUT2D eigenvalue weighted by Gasteiger charge is 2.35. The Morgan fingerprint density at radius 1 is 1.12 bits per heavy atom. The van der Waals surface area contributed by atoms with E-state index >= 15 is 0 Å². The fourth-order valence-electron chi connectivity index (χ4n) is 3.31. The second kappa shape index (κ2) is 7.93. The summed E-state index contributed by atoms with van der Waals surface area (Å²) in [5.41, 5.74) is -1.94. The van der Waals surface area contributed by atoms with Gasteiger partial charge in [0, 0.05) is 7.05 Å². The Labute approximate surface area is 190 Å². The fraction of sp³-hybridized carbons (Fsp3) is 0.200. The molecule has 0 bridgehead atoms. The summed E-state index contributed by atoms with van der Waals surface area (Å²) < 4.78 is 67.9. The highest BCUT2D eigenvalue weighted by molar-refractivity contribution is 7.91. The van der Waals surface area contributed by atoms with Crippen molar-refractivity contribution in [1.82, 2.24) is 29.3 Å². The number of sulfone groups is 1. The van der Waals surface area contributed by atoms with E-state index in [-0.39, 0.29) is 44.6 Å². The Morgan fingerprint density at radius 3 is 2.44 bits per heavy atom. The summed E-state index contributed by atoms with van der Waals surface area (Å²) in [6, 6.07) is 6.90. The Kier molecular flexibility index (Phi) is 5.34. The second-order valence-corrected chi connectivity index (χ2v) is 9.28. The fourth-order valence-corrected chi connectivity index (χ4v) is 4.32. The molecule has 0 unspecified atom stereocenters. The third-order valence-electron chi connectivity index (χ3n) is 4.97. The normalized spacial score (nSPS) is 12.0. The first-order valence-corrected chi connectivity index (χ1v) is 11.2. The Morgan fingerprint density at radius 2 is 1.85 bits per heavy atom. The van der Waals surface area contributed by atoms with E-state index in [0.29, 0.717) is 6.07 Å². The van der Waals surface area contributed by atoms with Gasteiger partial charge in [0.05, 0.1) is 34.1 Å². The SMILES string of the molecule is CCS(=O)(=O)c1ccc(-n2cc(C#N)cn2)nc1-c1nc2cc(C(F)(F)F)nc(C#N)c2n1C. The van der Waals surface area contributed by atoms with Crippen LogP contribution in [0.15, 0.2) is 35.5 Å². The lowest BCUT2D eigenvalue weighted by molar-refractivity contribution is -0.141. The first kappa shape index (κ1) is 22.9. The van der Waals surface area contributed by atoms with Crippen LogP contribution in [0.2, 0.25) is 0 Å². The van der Waals surface area contributed by atoms with E-state index in [1.54, 1.807) is 6.07 Å². The average molecular weight is 486 g/mol. The van der Waals surface area contributed by atoms with Gasteiger partial charge in [-0.15, -0.1) is 0 Å². The van der Waals surface area contributed by atoms with Gasteiger partial charge in [0.2, 0.25) is 0 Å². The van der Waals surface area contributed by atoms with E-state index in [4.69, 9.17) is 5.26 Å². The molecule has 0 saturated carbocycles. The van der Waals surface area contributed by atoms with Gasteiger partial charge >= 0.3 is 6.18 Å². The van der Waals surface area contributed by atoms with Crippen LogP contribution in [0.25, 0.3) is 28.4 Å². The highest BCUT2D eigenvalue weighted by atomic mass is 32.2. The maximum absolute atomic E-state index is 13.3. The van der Waals surface area contributed by atoms with Gasteiger partial charge in [0.1, 0.15) is 29.0 Å². The monoisotopic (exact) mass is 486 g/mol. The van der Waals surface area contributed by atoms with Gasteiger partial charge in [-0.05, 0) is 18.2 Å². The van der Waals surface area contributed by atoms with Gasteiger partial charge in [-0.25, -0.2) is 28.1 Å². The smallest absolute Gasteiger partial charge is 0.323 e. The quantitative estimate of drug-likeness (QED) is 0.428. The molecule has 10 nitrogen and oxygen atoms in total. The van der Waals surface area contributed by atoms with Crippen LogP contribution >= 0.6 is 0 Å². The van der Waals surface area contributed by atoms with Gasteiger partial charge in [-0.3, -0.25) is 0 Å². The predicted molar refractivity (Wildman–Crippen MR) is 111 cm³/mol. The Balaban J connectivity index is 2.05. The number of imidazole rings is 1. The molecule has 4 aromatic heterocycles. The molecule has 172 valence electrons. The van der Waals surface area contributed by atoms with E-state index in [2.05, 4.69) is 20.1 Å². The van der Waals surface area contributed by atoms with E-state index in [9.17, 15) is 26.9 Å². The van der Waals surface area contributed by atoms with Gasteiger partial charge in [0.15, 0.2) is 27.2 Å². The number of nitrogens with zero attached hydrogens (tertiary/aromatic N) is 8. The van der Waals surface area contributed by atoms with Crippen molar-refractivity contribution in [3.8, 4) is 29.5 Å². The summed E-state index contributed by atoms with van der Waals surface area (Å²) in [5, 5.41) is 22.4. The molecule has 0 aliphatic heterocycles. The van der Waals surface area contributed by atoms with E-state index in [1.165, 1.54) is 47.7 Å². The number of nitriles is 2. The molecule has 34 heavy (non-hydrogen) atoms. The van der Waals surface area contributed by atoms with Crippen molar-refractivity contribution in [2.75, 3.05) is 5.75 Å². The molecular weight excluding hydrogens is 473 g/mol. The number of alkyl halides is 3.